The van der Waals surface area contributed by atoms with E-state index in [9.17, 15) is 0 Å². The minimum Gasteiger partial charge on any atom is -0.344 e. The highest BCUT2D eigenvalue weighted by atomic mass is 15.2. The molecule has 0 saturated heterocycles. The van der Waals surface area contributed by atoms with E-state index in [0.717, 1.165) is 66.6 Å². The van der Waals surface area contributed by atoms with E-state index in [-0.39, 0.29) is 6.17 Å². The lowest BCUT2D eigenvalue weighted by molar-refractivity contribution is 0.674. The summed E-state index contributed by atoms with van der Waals surface area (Å²) >= 11 is 0. The summed E-state index contributed by atoms with van der Waals surface area (Å²) in [4.78, 5) is 15.8. The zero-order chi connectivity index (χ0) is 48.7. The molecule has 0 spiro atoms. The second kappa shape index (κ2) is 16.9. The lowest BCUT2D eigenvalue weighted by atomic mass is 9.88. The fourth-order valence-corrected chi connectivity index (χ4v) is 11.7. The molecular formula is C70H44N4. The minimum atomic E-state index is -0.343. The molecule has 0 aliphatic carbocycles. The SMILES string of the molecule is c1ccc(C2=NC(c3ccc(-c4cc(-c5ccc6c7ccccc7c7ccccc7c6c5)c5cc(-c6ccc7c8ccccc8c8ccccc8c7c6)c6ccccc6c5n4)cc3)NC(c3ccccc3)=N2)cc1. The second-order valence-electron chi connectivity index (χ2n) is 19.4. The van der Waals surface area contributed by atoms with Crippen molar-refractivity contribution in [1.82, 2.24) is 10.3 Å². The Kier molecular flexibility index (Phi) is 9.61. The smallest absolute Gasteiger partial charge is 0.159 e. The molecule has 1 unspecified atom stereocenters. The summed E-state index contributed by atoms with van der Waals surface area (Å²) in [5.41, 5.74) is 10.5. The fourth-order valence-electron chi connectivity index (χ4n) is 11.7. The Hall–Kier alpha value is -9.77. The van der Waals surface area contributed by atoms with Crippen LogP contribution in [0.3, 0.4) is 0 Å². The van der Waals surface area contributed by atoms with Crippen LogP contribution in [0.1, 0.15) is 22.9 Å². The van der Waals surface area contributed by atoms with Crippen molar-refractivity contribution in [2.24, 2.45) is 9.98 Å². The first-order valence-electron chi connectivity index (χ1n) is 25.4. The molecule has 0 saturated carbocycles. The Bertz CT molecular complexity index is 4600. The third kappa shape index (κ3) is 6.80. The van der Waals surface area contributed by atoms with Gasteiger partial charge in [0.1, 0.15) is 12.0 Å². The molecule has 0 radical (unpaired) electrons. The van der Waals surface area contributed by atoms with E-state index in [4.69, 9.17) is 15.0 Å². The molecule has 1 atom stereocenters. The van der Waals surface area contributed by atoms with Gasteiger partial charge in [0.25, 0.3) is 0 Å². The van der Waals surface area contributed by atoms with Gasteiger partial charge in [0.2, 0.25) is 0 Å². The van der Waals surface area contributed by atoms with Crippen LogP contribution in [0.2, 0.25) is 0 Å². The highest BCUT2D eigenvalue weighted by molar-refractivity contribution is 6.28. The molecule has 1 aliphatic rings. The van der Waals surface area contributed by atoms with Crippen molar-refractivity contribution in [2.45, 2.75) is 6.17 Å². The molecule has 74 heavy (non-hydrogen) atoms. The maximum Gasteiger partial charge on any atom is 0.159 e. The molecular weight excluding hydrogens is 897 g/mol. The number of rotatable bonds is 6. The van der Waals surface area contributed by atoms with Crippen molar-refractivity contribution < 1.29 is 0 Å². The van der Waals surface area contributed by atoms with Gasteiger partial charge in [-0.2, -0.15) is 0 Å². The van der Waals surface area contributed by atoms with Crippen molar-refractivity contribution in [3.8, 4) is 33.5 Å². The van der Waals surface area contributed by atoms with Gasteiger partial charge < -0.3 is 5.32 Å². The lowest BCUT2D eigenvalue weighted by Crippen LogP contribution is -2.33. The van der Waals surface area contributed by atoms with Gasteiger partial charge in [-0.05, 0) is 122 Å². The molecule has 1 N–H and O–H groups in total. The average Bonchev–Trinajstić information content (AvgIpc) is 3.50. The van der Waals surface area contributed by atoms with Gasteiger partial charge in [-0.15, -0.1) is 0 Å². The first kappa shape index (κ1) is 42.0. The van der Waals surface area contributed by atoms with Crippen LogP contribution >= 0.6 is 0 Å². The third-order valence-electron chi connectivity index (χ3n) is 15.3. The number of pyridine rings is 1. The number of nitrogens with one attached hydrogen (secondary N) is 1. The van der Waals surface area contributed by atoms with Crippen molar-refractivity contribution in [2.75, 3.05) is 0 Å². The van der Waals surface area contributed by atoms with Crippen molar-refractivity contribution in [3.05, 3.63) is 271 Å². The standard InChI is InChI=1S/C70H44N4/c1-3-17-44(18-4-1)68-72-69(45-19-5-2-6-20-45)74-70(73-68)46-33-31-43(32-34-46)66-42-62(48-36-38-59-54-26-10-8-22-50(54)52-24-12-14-28-56(52)64(59)40-48)65-41-61(57-29-15-16-30-60(57)67(65)71-66)47-35-37-58-53-25-9-7-21-49(53)51-23-11-13-27-55(51)63(58)39-47/h1-42,70H,(H,72,73,74). The molecule has 0 fully saturated rings. The number of nitrogens with zero attached hydrogens (tertiary/aromatic N) is 3. The Labute approximate surface area is 427 Å². The predicted octanol–water partition coefficient (Wildman–Crippen LogP) is 17.8. The molecule has 1 aromatic heterocycles. The molecule has 344 valence electrons. The summed E-state index contributed by atoms with van der Waals surface area (Å²) in [5, 5.41) is 22.1. The van der Waals surface area contributed by atoms with Crippen molar-refractivity contribution in [3.63, 3.8) is 0 Å². The molecule has 4 nitrogen and oxygen atoms in total. The zero-order valence-electron chi connectivity index (χ0n) is 40.2. The Balaban J connectivity index is 0.939. The molecule has 2 heterocycles. The third-order valence-corrected chi connectivity index (χ3v) is 15.3. The molecule has 4 heteroatoms. The van der Waals surface area contributed by atoms with Crippen LogP contribution in [0.25, 0.3) is 120 Å². The Morgan fingerprint density at radius 2 is 0.689 bits per heavy atom. The van der Waals surface area contributed by atoms with Gasteiger partial charge in [-0.25, -0.2) is 15.0 Å². The average molecular weight is 941 g/mol. The second-order valence-corrected chi connectivity index (χ2v) is 19.4. The molecule has 14 aromatic rings. The summed E-state index contributed by atoms with van der Waals surface area (Å²) in [6, 6.07) is 92.2. The van der Waals surface area contributed by atoms with E-state index >= 15 is 0 Å². The maximum atomic E-state index is 5.66. The largest absolute Gasteiger partial charge is 0.344 e. The minimum absolute atomic E-state index is 0.343. The Morgan fingerprint density at radius 1 is 0.284 bits per heavy atom. The van der Waals surface area contributed by atoms with Crippen LogP contribution in [0, 0.1) is 0 Å². The van der Waals surface area contributed by atoms with Gasteiger partial charge in [0.05, 0.1) is 11.2 Å². The molecule has 1 aliphatic heterocycles. The quantitative estimate of drug-likeness (QED) is 0.169. The van der Waals surface area contributed by atoms with Crippen molar-refractivity contribution in [1.29, 1.82) is 0 Å². The van der Waals surface area contributed by atoms with Gasteiger partial charge in [0.15, 0.2) is 5.84 Å². The van der Waals surface area contributed by atoms with E-state index in [1.54, 1.807) is 0 Å². The first-order chi connectivity index (χ1) is 36.7. The number of aliphatic imine (C=N–C) groups is 2. The molecule has 0 amide bonds. The van der Waals surface area contributed by atoms with E-state index in [2.05, 4.69) is 224 Å². The summed E-state index contributed by atoms with van der Waals surface area (Å²) < 4.78 is 0. The van der Waals surface area contributed by atoms with Gasteiger partial charge in [-0.3, -0.25) is 0 Å². The zero-order valence-corrected chi connectivity index (χ0v) is 40.2. The first-order valence-corrected chi connectivity index (χ1v) is 25.4. The van der Waals surface area contributed by atoms with Crippen LogP contribution < -0.4 is 5.32 Å². The summed E-state index contributed by atoms with van der Waals surface area (Å²) in [6.45, 7) is 0. The van der Waals surface area contributed by atoms with Crippen LogP contribution in [0.15, 0.2) is 265 Å². The number of hydrogen-bond donors (Lipinski definition) is 1. The molecule has 13 aromatic carbocycles. The fraction of sp³-hybridized carbons (Fsp3) is 0.0143. The van der Waals surface area contributed by atoms with Crippen molar-refractivity contribution >= 4 is 98.0 Å². The number of amidine groups is 2. The van der Waals surface area contributed by atoms with Crippen LogP contribution in [-0.4, -0.2) is 16.7 Å². The van der Waals surface area contributed by atoms with E-state index in [1.165, 1.54) is 75.8 Å². The van der Waals surface area contributed by atoms with Gasteiger partial charge in [0, 0.05) is 27.5 Å². The highest BCUT2D eigenvalue weighted by Gasteiger charge is 2.23. The number of fused-ring (bicyclic) bond motifs is 15. The van der Waals surface area contributed by atoms with Gasteiger partial charge in [-0.1, -0.05) is 231 Å². The number of hydrogen-bond acceptors (Lipinski definition) is 4. The predicted molar refractivity (Wildman–Crippen MR) is 312 cm³/mol. The van der Waals surface area contributed by atoms with Crippen LogP contribution in [-0.2, 0) is 0 Å². The maximum absolute atomic E-state index is 5.66. The van der Waals surface area contributed by atoms with Crippen LogP contribution in [0.5, 0.6) is 0 Å². The normalized spacial score (nSPS) is 13.8. The highest BCUT2D eigenvalue weighted by Crippen LogP contribution is 2.45. The number of aromatic nitrogens is 1. The van der Waals surface area contributed by atoms with E-state index in [0.29, 0.717) is 5.84 Å². The Morgan fingerprint density at radius 3 is 1.20 bits per heavy atom. The van der Waals surface area contributed by atoms with Crippen LogP contribution in [0.4, 0.5) is 0 Å². The summed E-state index contributed by atoms with van der Waals surface area (Å²) in [7, 11) is 0. The lowest BCUT2D eigenvalue weighted by Gasteiger charge is -2.24. The van der Waals surface area contributed by atoms with E-state index < -0.39 is 0 Å². The monoisotopic (exact) mass is 940 g/mol. The topological polar surface area (TPSA) is 49.6 Å². The number of benzene rings is 13. The molecule has 0 bridgehead atoms. The molecule has 15 rings (SSSR count). The van der Waals surface area contributed by atoms with E-state index in [1.807, 2.05) is 36.4 Å². The summed E-state index contributed by atoms with van der Waals surface area (Å²) in [5.74, 6) is 1.49. The van der Waals surface area contributed by atoms with Gasteiger partial charge >= 0.3 is 0 Å². The summed E-state index contributed by atoms with van der Waals surface area (Å²) in [6.07, 6.45) is -0.343.